The van der Waals surface area contributed by atoms with Crippen molar-refractivity contribution in [1.82, 2.24) is 34.9 Å². The van der Waals surface area contributed by atoms with Crippen molar-refractivity contribution in [2.24, 2.45) is 0 Å². The summed E-state index contributed by atoms with van der Waals surface area (Å²) in [5, 5.41) is 8.77. The third-order valence-corrected chi connectivity index (χ3v) is 3.46. The van der Waals surface area contributed by atoms with Gasteiger partial charge in [0.25, 0.3) is 0 Å². The smallest absolute Gasteiger partial charge is 0.178 e. The predicted octanol–water partition coefficient (Wildman–Crippen LogP) is 2.83. The minimum atomic E-state index is 0.481. The van der Waals surface area contributed by atoms with Gasteiger partial charge in [-0.3, -0.25) is 4.98 Å². The van der Waals surface area contributed by atoms with Gasteiger partial charge in [0, 0.05) is 18.6 Å². The van der Waals surface area contributed by atoms with Crippen molar-refractivity contribution < 1.29 is 0 Å². The van der Waals surface area contributed by atoms with E-state index in [0.29, 0.717) is 27.9 Å². The molecule has 0 saturated carbocycles. The van der Waals surface area contributed by atoms with Crippen LogP contribution in [0.4, 0.5) is 0 Å². The first kappa shape index (κ1) is 14.4. The van der Waals surface area contributed by atoms with Crippen LogP contribution in [0, 0.1) is 0 Å². The van der Waals surface area contributed by atoms with Gasteiger partial charge in [-0.2, -0.15) is 0 Å². The highest BCUT2D eigenvalue weighted by atomic mass is 35.5. The van der Waals surface area contributed by atoms with Crippen LogP contribution in [0.5, 0.6) is 0 Å². The third-order valence-electron chi connectivity index (χ3n) is 3.26. The number of halogens is 1. The molecule has 0 aliphatic carbocycles. The molecule has 4 aromatic heterocycles. The van der Waals surface area contributed by atoms with Gasteiger partial charge in [-0.1, -0.05) is 22.9 Å². The zero-order chi connectivity index (χ0) is 16.4. The molecule has 0 aliphatic rings. The first-order valence-corrected chi connectivity index (χ1v) is 7.45. The molecule has 24 heavy (non-hydrogen) atoms. The van der Waals surface area contributed by atoms with Crippen LogP contribution in [-0.4, -0.2) is 34.9 Å². The van der Waals surface area contributed by atoms with Crippen molar-refractivity contribution in [2.45, 2.75) is 0 Å². The monoisotopic (exact) mass is 335 g/mol. The topological polar surface area (TPSA) is 82.3 Å². The second kappa shape index (κ2) is 6.13. The quantitative estimate of drug-likeness (QED) is 0.572. The van der Waals surface area contributed by atoms with Crippen LogP contribution < -0.4 is 0 Å². The van der Waals surface area contributed by atoms with Crippen molar-refractivity contribution in [2.75, 3.05) is 0 Å². The van der Waals surface area contributed by atoms with E-state index in [1.807, 2.05) is 30.3 Å². The van der Waals surface area contributed by atoms with Gasteiger partial charge in [0.2, 0.25) is 0 Å². The average molecular weight is 336 g/mol. The van der Waals surface area contributed by atoms with Crippen molar-refractivity contribution in [3.63, 3.8) is 0 Å². The lowest BCUT2D eigenvalue weighted by molar-refractivity contribution is 0.800. The summed E-state index contributed by atoms with van der Waals surface area (Å²) in [6, 6.07) is 9.30. The Bertz CT molecular complexity index is 967. The fourth-order valence-corrected chi connectivity index (χ4v) is 2.24. The lowest BCUT2D eigenvalue weighted by Gasteiger charge is -2.01. The molecule has 0 N–H and O–H groups in total. The van der Waals surface area contributed by atoms with Gasteiger partial charge in [-0.25, -0.2) is 19.6 Å². The summed E-state index contributed by atoms with van der Waals surface area (Å²) in [5.74, 6) is 0.501. The molecule has 0 atom stereocenters. The van der Waals surface area contributed by atoms with Crippen LogP contribution in [0.1, 0.15) is 0 Å². The van der Waals surface area contributed by atoms with Crippen molar-refractivity contribution in [3.05, 3.63) is 66.3 Å². The van der Waals surface area contributed by atoms with E-state index in [4.69, 9.17) is 11.6 Å². The summed E-state index contributed by atoms with van der Waals surface area (Å²) in [7, 11) is 0. The highest BCUT2D eigenvalue weighted by Gasteiger charge is 2.09. The Labute approximate surface area is 142 Å². The molecular formula is C16H10ClN7. The molecule has 0 fully saturated rings. The predicted molar refractivity (Wildman–Crippen MR) is 88.4 cm³/mol. The number of hydrogen-bond acceptors (Lipinski definition) is 6. The van der Waals surface area contributed by atoms with Crippen LogP contribution >= 0.6 is 11.6 Å². The summed E-state index contributed by atoms with van der Waals surface area (Å²) >= 11 is 5.82. The maximum Gasteiger partial charge on any atom is 0.178 e. The minimum Gasteiger partial charge on any atom is -0.262 e. The van der Waals surface area contributed by atoms with E-state index in [0.717, 1.165) is 5.69 Å². The molecule has 4 aromatic rings. The van der Waals surface area contributed by atoms with Gasteiger partial charge in [0.1, 0.15) is 11.4 Å². The third kappa shape index (κ3) is 2.84. The van der Waals surface area contributed by atoms with Gasteiger partial charge in [-0.15, -0.1) is 5.10 Å². The Kier molecular flexibility index (Phi) is 3.68. The van der Waals surface area contributed by atoms with E-state index in [2.05, 4.69) is 30.2 Å². The number of nitrogens with zero attached hydrogens (tertiary/aromatic N) is 7. The molecule has 0 spiro atoms. The van der Waals surface area contributed by atoms with Gasteiger partial charge in [0.15, 0.2) is 5.82 Å². The molecule has 4 heterocycles. The number of aromatic nitrogens is 7. The van der Waals surface area contributed by atoms with Crippen molar-refractivity contribution >= 4 is 11.6 Å². The van der Waals surface area contributed by atoms with Crippen LogP contribution in [0.15, 0.2) is 61.3 Å². The number of hydrogen-bond donors (Lipinski definition) is 0. The summed E-state index contributed by atoms with van der Waals surface area (Å²) in [4.78, 5) is 17.0. The first-order chi connectivity index (χ1) is 11.8. The number of rotatable bonds is 3. The Morgan fingerprint density at radius 1 is 0.875 bits per heavy atom. The molecule has 4 rings (SSSR count). The Morgan fingerprint density at radius 2 is 1.71 bits per heavy atom. The van der Waals surface area contributed by atoms with Gasteiger partial charge in [-0.05, 0) is 24.3 Å². The Morgan fingerprint density at radius 3 is 2.50 bits per heavy atom. The SMILES string of the molecule is Clc1cnc(-c2cccc(-c3cn(-c4cccnc4)nn3)n2)nc1. The summed E-state index contributed by atoms with van der Waals surface area (Å²) < 4.78 is 1.65. The van der Waals surface area contributed by atoms with Crippen molar-refractivity contribution in [1.29, 1.82) is 0 Å². The summed E-state index contributed by atoms with van der Waals surface area (Å²) in [5.41, 5.74) is 2.80. The molecule has 0 aliphatic heterocycles. The molecule has 8 heteroatoms. The molecule has 0 aromatic carbocycles. The summed E-state index contributed by atoms with van der Waals surface area (Å²) in [6.45, 7) is 0. The normalized spacial score (nSPS) is 10.7. The van der Waals surface area contributed by atoms with Crippen LogP contribution in [0.3, 0.4) is 0 Å². The Balaban J connectivity index is 1.69. The van der Waals surface area contributed by atoms with Gasteiger partial charge in [0.05, 0.1) is 28.8 Å². The van der Waals surface area contributed by atoms with Crippen LogP contribution in [0.25, 0.3) is 28.6 Å². The van der Waals surface area contributed by atoms with E-state index in [-0.39, 0.29) is 0 Å². The minimum absolute atomic E-state index is 0.481. The molecule has 0 bridgehead atoms. The first-order valence-electron chi connectivity index (χ1n) is 7.08. The second-order valence-electron chi connectivity index (χ2n) is 4.89. The van der Waals surface area contributed by atoms with Crippen molar-refractivity contribution in [3.8, 4) is 28.6 Å². The molecule has 7 nitrogen and oxygen atoms in total. The zero-order valence-electron chi connectivity index (χ0n) is 12.3. The lowest BCUT2D eigenvalue weighted by Crippen LogP contribution is -1.94. The zero-order valence-corrected chi connectivity index (χ0v) is 13.0. The van der Waals surface area contributed by atoms with E-state index in [1.54, 1.807) is 23.3 Å². The number of pyridine rings is 2. The highest BCUT2D eigenvalue weighted by molar-refractivity contribution is 6.30. The van der Waals surface area contributed by atoms with Crippen LogP contribution in [0.2, 0.25) is 5.02 Å². The lowest BCUT2D eigenvalue weighted by atomic mass is 10.2. The second-order valence-corrected chi connectivity index (χ2v) is 5.33. The largest absolute Gasteiger partial charge is 0.262 e. The molecule has 0 radical (unpaired) electrons. The van der Waals surface area contributed by atoms with E-state index < -0.39 is 0 Å². The van der Waals surface area contributed by atoms with Gasteiger partial charge >= 0.3 is 0 Å². The molecule has 0 amide bonds. The van der Waals surface area contributed by atoms with E-state index in [1.165, 1.54) is 12.4 Å². The summed E-state index contributed by atoms with van der Waals surface area (Å²) in [6.07, 6.45) is 8.29. The fraction of sp³-hybridized carbons (Fsp3) is 0. The van der Waals surface area contributed by atoms with E-state index >= 15 is 0 Å². The Hall–Kier alpha value is -3.19. The molecular weight excluding hydrogens is 326 g/mol. The highest BCUT2D eigenvalue weighted by Crippen LogP contribution is 2.19. The van der Waals surface area contributed by atoms with Gasteiger partial charge < -0.3 is 0 Å². The standard InChI is InChI=1S/C16H10ClN7/c17-11-7-19-16(20-8-11)14-5-1-4-13(21-14)15-10-24(23-22-15)12-3-2-6-18-9-12/h1-10H. The van der Waals surface area contributed by atoms with Crippen LogP contribution in [-0.2, 0) is 0 Å². The average Bonchev–Trinajstić information content (AvgIpc) is 3.13. The maximum atomic E-state index is 5.82. The molecule has 116 valence electrons. The maximum absolute atomic E-state index is 5.82. The molecule has 0 saturated heterocycles. The fourth-order valence-electron chi connectivity index (χ4n) is 2.14. The molecule has 0 unspecified atom stereocenters. The van der Waals surface area contributed by atoms with E-state index in [9.17, 15) is 0 Å².